The van der Waals surface area contributed by atoms with Crippen molar-refractivity contribution in [3.63, 3.8) is 0 Å². The number of aliphatic hydroxyl groups is 1. The van der Waals surface area contributed by atoms with Gasteiger partial charge >= 0.3 is 0 Å². The lowest BCUT2D eigenvalue weighted by molar-refractivity contribution is -0.141. The average molecular weight is 512 g/mol. The van der Waals surface area contributed by atoms with E-state index in [1.165, 1.54) is 16.5 Å². The highest BCUT2D eigenvalue weighted by Gasteiger charge is 2.39. The molecule has 0 aliphatic carbocycles. The Hall–Kier alpha value is -3.75. The van der Waals surface area contributed by atoms with Gasteiger partial charge in [-0.05, 0) is 49.6 Å². The lowest BCUT2D eigenvalue weighted by atomic mass is 9.80. The molecular weight excluding hydrogens is 478 g/mol. The first-order chi connectivity index (χ1) is 18.5. The lowest BCUT2D eigenvalue weighted by Gasteiger charge is -2.41. The van der Waals surface area contributed by atoms with Gasteiger partial charge in [-0.25, -0.2) is 4.98 Å². The molecule has 4 heterocycles. The number of aromatic nitrogens is 3. The summed E-state index contributed by atoms with van der Waals surface area (Å²) in [6, 6.07) is 21.8. The van der Waals surface area contributed by atoms with Crippen molar-refractivity contribution in [1.29, 1.82) is 0 Å². The van der Waals surface area contributed by atoms with Gasteiger partial charge in [-0.15, -0.1) is 0 Å². The fraction of sp³-hybridized carbons (Fsp3) is 0.367. The van der Waals surface area contributed by atoms with Crippen LogP contribution in [0.5, 0.6) is 0 Å². The van der Waals surface area contributed by atoms with Crippen molar-refractivity contribution < 1.29 is 9.90 Å². The minimum Gasteiger partial charge on any atom is -0.388 e. The maximum absolute atomic E-state index is 13.6. The predicted molar refractivity (Wildman–Crippen MR) is 146 cm³/mol. The first-order valence-electron chi connectivity index (χ1n) is 13.4. The summed E-state index contributed by atoms with van der Waals surface area (Å²) in [7, 11) is 0. The van der Waals surface area contributed by atoms with E-state index in [0.717, 1.165) is 25.2 Å². The summed E-state index contributed by atoms with van der Waals surface area (Å²) >= 11 is 0. The Kier molecular flexibility index (Phi) is 6.59. The topological polar surface area (TPSA) is 92.4 Å². The SMILES string of the molecule is O=C([C@@H]1CCNC[C@H]1c1ccccc1)N1CCC(O)(Cn2cnc3c(ccn3-c3ccccc3)c2=O)CC1. The van der Waals surface area contributed by atoms with Gasteiger partial charge in [0.15, 0.2) is 5.65 Å². The van der Waals surface area contributed by atoms with Crippen LogP contribution in [0.25, 0.3) is 16.7 Å². The van der Waals surface area contributed by atoms with Crippen LogP contribution in [0, 0.1) is 5.92 Å². The number of nitrogens with one attached hydrogen (secondary N) is 1. The molecule has 4 aromatic rings. The summed E-state index contributed by atoms with van der Waals surface area (Å²) in [5.74, 6) is 0.260. The van der Waals surface area contributed by atoms with Crippen LogP contribution in [0.2, 0.25) is 0 Å². The molecule has 2 aromatic heterocycles. The molecule has 2 N–H and O–H groups in total. The van der Waals surface area contributed by atoms with Gasteiger partial charge in [-0.2, -0.15) is 0 Å². The summed E-state index contributed by atoms with van der Waals surface area (Å²) in [5, 5.41) is 15.4. The van der Waals surface area contributed by atoms with Crippen molar-refractivity contribution in [2.75, 3.05) is 26.2 Å². The van der Waals surface area contributed by atoms with Crippen LogP contribution in [0.3, 0.4) is 0 Å². The second-order valence-electron chi connectivity index (χ2n) is 10.6. The van der Waals surface area contributed by atoms with Crippen LogP contribution in [-0.2, 0) is 11.3 Å². The number of carbonyl (C=O) groups is 1. The van der Waals surface area contributed by atoms with E-state index in [2.05, 4.69) is 22.4 Å². The Balaban J connectivity index is 1.15. The zero-order chi connectivity index (χ0) is 26.1. The number of fused-ring (bicyclic) bond motifs is 1. The third-order valence-electron chi connectivity index (χ3n) is 8.20. The molecule has 38 heavy (non-hydrogen) atoms. The average Bonchev–Trinajstić information content (AvgIpc) is 3.40. The molecule has 196 valence electrons. The second kappa shape index (κ2) is 10.2. The van der Waals surface area contributed by atoms with E-state index in [4.69, 9.17) is 0 Å². The molecule has 2 atom stereocenters. The number of para-hydroxylation sites is 1. The van der Waals surface area contributed by atoms with Gasteiger partial charge in [-0.1, -0.05) is 48.5 Å². The van der Waals surface area contributed by atoms with Gasteiger partial charge in [0.05, 0.1) is 17.5 Å². The van der Waals surface area contributed by atoms with Crippen molar-refractivity contribution in [3.05, 3.63) is 95.2 Å². The Labute approximate surface area is 221 Å². The summed E-state index contributed by atoms with van der Waals surface area (Å²) in [6.45, 7) is 2.75. The zero-order valence-electron chi connectivity index (χ0n) is 21.4. The number of benzene rings is 2. The van der Waals surface area contributed by atoms with Crippen molar-refractivity contribution in [1.82, 2.24) is 24.3 Å². The number of amides is 1. The first-order valence-corrected chi connectivity index (χ1v) is 13.4. The second-order valence-corrected chi connectivity index (χ2v) is 10.6. The number of piperidine rings is 2. The van der Waals surface area contributed by atoms with E-state index < -0.39 is 5.60 Å². The number of likely N-dealkylation sites (tertiary alicyclic amines) is 1. The van der Waals surface area contributed by atoms with Gasteiger partial charge < -0.3 is 19.9 Å². The van der Waals surface area contributed by atoms with Crippen LogP contribution in [0.1, 0.15) is 30.7 Å². The van der Waals surface area contributed by atoms with Crippen molar-refractivity contribution in [2.24, 2.45) is 5.92 Å². The Morgan fingerprint density at radius 1 is 1.03 bits per heavy atom. The van der Waals surface area contributed by atoms with E-state index >= 15 is 0 Å². The zero-order valence-corrected chi connectivity index (χ0v) is 21.4. The Morgan fingerprint density at radius 2 is 1.74 bits per heavy atom. The highest BCUT2D eigenvalue weighted by atomic mass is 16.3. The molecule has 0 unspecified atom stereocenters. The highest BCUT2D eigenvalue weighted by molar-refractivity contribution is 5.80. The Morgan fingerprint density at radius 3 is 2.47 bits per heavy atom. The molecular formula is C30H33N5O3. The molecule has 0 spiro atoms. The summed E-state index contributed by atoms with van der Waals surface area (Å²) in [4.78, 5) is 33.3. The maximum atomic E-state index is 13.6. The summed E-state index contributed by atoms with van der Waals surface area (Å²) in [6.07, 6.45) is 5.04. The molecule has 8 nitrogen and oxygen atoms in total. The van der Waals surface area contributed by atoms with Crippen LogP contribution < -0.4 is 10.9 Å². The highest BCUT2D eigenvalue weighted by Crippen LogP contribution is 2.33. The van der Waals surface area contributed by atoms with Gasteiger partial charge in [0, 0.05) is 43.4 Å². The smallest absolute Gasteiger partial charge is 0.262 e. The van der Waals surface area contributed by atoms with Gasteiger partial charge in [0.25, 0.3) is 5.56 Å². The van der Waals surface area contributed by atoms with Gasteiger partial charge in [0.2, 0.25) is 5.91 Å². The molecule has 0 bridgehead atoms. The molecule has 0 radical (unpaired) electrons. The van der Waals surface area contributed by atoms with E-state index in [-0.39, 0.29) is 29.8 Å². The molecule has 2 aliphatic heterocycles. The van der Waals surface area contributed by atoms with Gasteiger partial charge in [0.1, 0.15) is 6.33 Å². The molecule has 2 aromatic carbocycles. The van der Waals surface area contributed by atoms with Crippen LogP contribution in [-0.4, -0.2) is 61.8 Å². The molecule has 1 amide bonds. The van der Waals surface area contributed by atoms with Crippen molar-refractivity contribution in [3.8, 4) is 5.69 Å². The molecule has 8 heteroatoms. The number of nitrogens with zero attached hydrogens (tertiary/aromatic N) is 4. The lowest BCUT2D eigenvalue weighted by Crippen LogP contribution is -2.52. The normalized spacial score (nSPS) is 21.4. The van der Waals surface area contributed by atoms with Crippen LogP contribution >= 0.6 is 0 Å². The van der Waals surface area contributed by atoms with Crippen LogP contribution in [0.4, 0.5) is 0 Å². The number of carbonyl (C=O) groups excluding carboxylic acids is 1. The number of rotatable bonds is 5. The van der Waals surface area contributed by atoms with Crippen molar-refractivity contribution >= 4 is 16.9 Å². The van der Waals surface area contributed by atoms with E-state index in [1.54, 1.807) is 6.07 Å². The monoisotopic (exact) mass is 511 g/mol. The fourth-order valence-corrected chi connectivity index (χ4v) is 6.02. The molecule has 0 saturated carbocycles. The van der Waals surface area contributed by atoms with E-state index in [0.29, 0.717) is 37.0 Å². The quantitative estimate of drug-likeness (QED) is 0.430. The predicted octanol–water partition coefficient (Wildman–Crippen LogP) is 2.93. The number of hydrogen-bond acceptors (Lipinski definition) is 5. The minimum absolute atomic E-state index is 0.0623. The van der Waals surface area contributed by atoms with E-state index in [9.17, 15) is 14.7 Å². The molecule has 2 aliphatic rings. The minimum atomic E-state index is -1.06. The third kappa shape index (κ3) is 4.66. The largest absolute Gasteiger partial charge is 0.388 e. The van der Waals surface area contributed by atoms with Crippen LogP contribution in [0.15, 0.2) is 84.0 Å². The standard InChI is InChI=1S/C30H33N5O3/c36-28(24-11-15-31-19-26(24)22-7-3-1-4-8-22)33-17-13-30(38,14-18-33)20-34-21-32-27-25(29(34)37)12-16-35(27)23-9-5-2-6-10-23/h1-10,12,16,21,24,26,31,38H,11,13-15,17-20H2/t24-,26+/m1/s1. The summed E-state index contributed by atoms with van der Waals surface area (Å²) in [5.41, 5.74) is 1.49. The maximum Gasteiger partial charge on any atom is 0.262 e. The van der Waals surface area contributed by atoms with E-state index in [1.807, 2.05) is 64.2 Å². The first kappa shape index (κ1) is 24.6. The molecule has 2 saturated heterocycles. The Bertz CT molecular complexity index is 1470. The molecule has 2 fully saturated rings. The fourth-order valence-electron chi connectivity index (χ4n) is 6.02. The molecule has 6 rings (SSSR count). The summed E-state index contributed by atoms with van der Waals surface area (Å²) < 4.78 is 3.40. The van der Waals surface area contributed by atoms with Gasteiger partial charge in [-0.3, -0.25) is 14.2 Å². The third-order valence-corrected chi connectivity index (χ3v) is 8.20. The van der Waals surface area contributed by atoms with Crippen molar-refractivity contribution in [2.45, 2.75) is 37.3 Å². The number of hydrogen-bond donors (Lipinski definition) is 2.